The smallest absolute Gasteiger partial charge is 0.165 e. The molecule has 0 saturated carbocycles. The molecule has 0 radical (unpaired) electrons. The van der Waals surface area contributed by atoms with E-state index in [0.717, 1.165) is 24.8 Å². The van der Waals surface area contributed by atoms with Crippen LogP contribution in [0.4, 0.5) is 4.39 Å². The van der Waals surface area contributed by atoms with Crippen molar-refractivity contribution in [2.75, 3.05) is 7.11 Å². The first-order valence-corrected chi connectivity index (χ1v) is 4.60. The van der Waals surface area contributed by atoms with Crippen molar-refractivity contribution >= 4 is 0 Å². The van der Waals surface area contributed by atoms with E-state index in [0.29, 0.717) is 5.75 Å². The third-order valence-electron chi connectivity index (χ3n) is 2.04. The minimum absolute atomic E-state index is 0.267. The van der Waals surface area contributed by atoms with E-state index in [1.165, 1.54) is 7.11 Å². The SMILES string of the molecule is CCCCc1ccc(OC)c(F)c1. The van der Waals surface area contributed by atoms with Gasteiger partial charge in [0.2, 0.25) is 0 Å². The molecule has 0 aromatic heterocycles. The minimum Gasteiger partial charge on any atom is -0.494 e. The average Bonchev–Trinajstić information content (AvgIpc) is 2.15. The first kappa shape index (κ1) is 10.0. The second kappa shape index (κ2) is 4.85. The van der Waals surface area contributed by atoms with Crippen LogP contribution < -0.4 is 4.74 Å². The Morgan fingerprint density at radius 2 is 2.15 bits per heavy atom. The van der Waals surface area contributed by atoms with Gasteiger partial charge in [-0.1, -0.05) is 19.4 Å². The minimum atomic E-state index is -0.267. The van der Waals surface area contributed by atoms with E-state index in [4.69, 9.17) is 4.74 Å². The fourth-order valence-electron chi connectivity index (χ4n) is 1.25. The summed E-state index contributed by atoms with van der Waals surface area (Å²) in [5.74, 6) is 0.0522. The van der Waals surface area contributed by atoms with Crippen molar-refractivity contribution in [2.45, 2.75) is 26.2 Å². The fraction of sp³-hybridized carbons (Fsp3) is 0.455. The number of ether oxygens (including phenoxy) is 1. The lowest BCUT2D eigenvalue weighted by Gasteiger charge is -2.04. The number of unbranched alkanes of at least 4 members (excludes halogenated alkanes) is 1. The summed E-state index contributed by atoms with van der Waals surface area (Å²) in [6.07, 6.45) is 3.18. The van der Waals surface area contributed by atoms with Gasteiger partial charge in [0.25, 0.3) is 0 Å². The van der Waals surface area contributed by atoms with E-state index >= 15 is 0 Å². The van der Waals surface area contributed by atoms with Gasteiger partial charge in [0.1, 0.15) is 0 Å². The molecule has 0 spiro atoms. The second-order valence-corrected chi connectivity index (χ2v) is 3.07. The monoisotopic (exact) mass is 182 g/mol. The molecule has 0 N–H and O–H groups in total. The maximum atomic E-state index is 13.2. The normalized spacial score (nSPS) is 10.1. The van der Waals surface area contributed by atoms with Crippen LogP contribution in [0.15, 0.2) is 18.2 Å². The van der Waals surface area contributed by atoms with Gasteiger partial charge in [-0.2, -0.15) is 0 Å². The van der Waals surface area contributed by atoms with E-state index in [9.17, 15) is 4.39 Å². The molecule has 1 rings (SSSR count). The molecule has 13 heavy (non-hydrogen) atoms. The molecule has 0 bridgehead atoms. The van der Waals surface area contributed by atoms with Crippen molar-refractivity contribution in [2.24, 2.45) is 0 Å². The largest absolute Gasteiger partial charge is 0.494 e. The first-order chi connectivity index (χ1) is 6.27. The molecule has 0 aliphatic carbocycles. The zero-order chi connectivity index (χ0) is 9.68. The van der Waals surface area contributed by atoms with Crippen LogP contribution >= 0.6 is 0 Å². The van der Waals surface area contributed by atoms with Gasteiger partial charge in [0.15, 0.2) is 11.6 Å². The fourth-order valence-corrected chi connectivity index (χ4v) is 1.25. The Hall–Kier alpha value is -1.05. The molecule has 0 unspecified atom stereocenters. The van der Waals surface area contributed by atoms with Crippen LogP contribution in [0.1, 0.15) is 25.3 Å². The Morgan fingerprint density at radius 1 is 1.38 bits per heavy atom. The number of aryl methyl sites for hydroxylation is 1. The molecule has 72 valence electrons. The van der Waals surface area contributed by atoms with Crippen molar-refractivity contribution in [1.82, 2.24) is 0 Å². The highest BCUT2D eigenvalue weighted by atomic mass is 19.1. The van der Waals surface area contributed by atoms with E-state index in [1.54, 1.807) is 12.1 Å². The van der Waals surface area contributed by atoms with Crippen molar-refractivity contribution < 1.29 is 9.13 Å². The van der Waals surface area contributed by atoms with Gasteiger partial charge >= 0.3 is 0 Å². The molecule has 0 aliphatic rings. The number of methoxy groups -OCH3 is 1. The molecule has 1 aromatic carbocycles. The summed E-state index contributed by atoms with van der Waals surface area (Å²) in [4.78, 5) is 0. The van der Waals surface area contributed by atoms with Crippen LogP contribution in [0, 0.1) is 5.82 Å². The molecular weight excluding hydrogens is 167 g/mol. The Kier molecular flexibility index (Phi) is 3.74. The van der Waals surface area contributed by atoms with Gasteiger partial charge < -0.3 is 4.74 Å². The molecule has 2 heteroatoms. The molecule has 1 nitrogen and oxygen atoms in total. The van der Waals surface area contributed by atoms with Gasteiger partial charge in [-0.25, -0.2) is 4.39 Å². The van der Waals surface area contributed by atoms with E-state index < -0.39 is 0 Å². The molecular formula is C11H15FO. The molecule has 0 heterocycles. The number of rotatable bonds is 4. The predicted octanol–water partition coefficient (Wildman–Crippen LogP) is 3.18. The Bertz CT molecular complexity index is 271. The number of halogens is 1. The summed E-state index contributed by atoms with van der Waals surface area (Å²) in [6.45, 7) is 2.12. The average molecular weight is 182 g/mol. The van der Waals surface area contributed by atoms with Gasteiger partial charge in [-0.3, -0.25) is 0 Å². The van der Waals surface area contributed by atoms with Gasteiger partial charge in [0, 0.05) is 0 Å². The van der Waals surface area contributed by atoms with Crippen LogP contribution in [0.2, 0.25) is 0 Å². The molecule has 0 atom stereocenters. The van der Waals surface area contributed by atoms with E-state index in [-0.39, 0.29) is 5.82 Å². The van der Waals surface area contributed by atoms with Crippen LogP contribution in [-0.2, 0) is 6.42 Å². The maximum Gasteiger partial charge on any atom is 0.165 e. The highest BCUT2D eigenvalue weighted by Gasteiger charge is 2.02. The Balaban J connectivity index is 2.71. The third kappa shape index (κ3) is 2.72. The summed E-state index contributed by atoms with van der Waals surface area (Å²) in [5.41, 5.74) is 1.04. The second-order valence-electron chi connectivity index (χ2n) is 3.07. The lowest BCUT2D eigenvalue weighted by atomic mass is 10.1. The van der Waals surface area contributed by atoms with Crippen LogP contribution in [0.25, 0.3) is 0 Å². The summed E-state index contributed by atoms with van der Waals surface area (Å²) in [6, 6.07) is 5.15. The van der Waals surface area contributed by atoms with Gasteiger partial charge in [-0.05, 0) is 30.5 Å². The highest BCUT2D eigenvalue weighted by molar-refractivity contribution is 5.29. The standard InChI is InChI=1S/C11H15FO/c1-3-4-5-9-6-7-11(13-2)10(12)8-9/h6-8H,3-5H2,1-2H3. The van der Waals surface area contributed by atoms with E-state index in [1.807, 2.05) is 6.07 Å². The molecule has 0 aliphatic heterocycles. The molecule has 0 fully saturated rings. The van der Waals surface area contributed by atoms with Crippen LogP contribution in [0.5, 0.6) is 5.75 Å². The number of hydrogen-bond acceptors (Lipinski definition) is 1. The topological polar surface area (TPSA) is 9.23 Å². The van der Waals surface area contributed by atoms with Crippen molar-refractivity contribution in [3.8, 4) is 5.75 Å². The summed E-state index contributed by atoms with van der Waals surface area (Å²) in [5, 5.41) is 0. The maximum absolute atomic E-state index is 13.2. The lowest BCUT2D eigenvalue weighted by Crippen LogP contribution is -1.91. The van der Waals surface area contributed by atoms with Crippen molar-refractivity contribution in [1.29, 1.82) is 0 Å². The van der Waals surface area contributed by atoms with Gasteiger partial charge in [-0.15, -0.1) is 0 Å². The van der Waals surface area contributed by atoms with Crippen LogP contribution in [-0.4, -0.2) is 7.11 Å². The lowest BCUT2D eigenvalue weighted by molar-refractivity contribution is 0.386. The number of benzene rings is 1. The number of hydrogen-bond donors (Lipinski definition) is 0. The third-order valence-corrected chi connectivity index (χ3v) is 2.04. The summed E-state index contributed by atoms with van der Waals surface area (Å²) >= 11 is 0. The van der Waals surface area contributed by atoms with Crippen molar-refractivity contribution in [3.05, 3.63) is 29.6 Å². The zero-order valence-corrected chi connectivity index (χ0v) is 8.14. The predicted molar refractivity (Wildman–Crippen MR) is 51.6 cm³/mol. The quantitative estimate of drug-likeness (QED) is 0.695. The summed E-state index contributed by atoms with van der Waals surface area (Å²) < 4.78 is 18.0. The zero-order valence-electron chi connectivity index (χ0n) is 8.14. The highest BCUT2D eigenvalue weighted by Crippen LogP contribution is 2.18. The Labute approximate surface area is 78.5 Å². The summed E-state index contributed by atoms with van der Waals surface area (Å²) in [7, 11) is 1.48. The molecule has 1 aromatic rings. The Morgan fingerprint density at radius 3 is 2.69 bits per heavy atom. The molecule has 0 amide bonds. The van der Waals surface area contributed by atoms with E-state index in [2.05, 4.69) is 6.92 Å². The van der Waals surface area contributed by atoms with Crippen LogP contribution in [0.3, 0.4) is 0 Å². The first-order valence-electron chi connectivity index (χ1n) is 4.60. The van der Waals surface area contributed by atoms with Crippen molar-refractivity contribution in [3.63, 3.8) is 0 Å². The van der Waals surface area contributed by atoms with Gasteiger partial charge in [0.05, 0.1) is 7.11 Å². The molecule has 0 saturated heterocycles.